The predicted molar refractivity (Wildman–Crippen MR) is 142 cm³/mol. The molecule has 0 aliphatic heterocycles. The number of rotatable bonds is 8. The summed E-state index contributed by atoms with van der Waals surface area (Å²) >= 11 is 0. The molecule has 0 spiro atoms. The zero-order valence-electron chi connectivity index (χ0n) is 20.7. The maximum atomic E-state index is 13.4. The number of carboxylic acid groups (broad SMARTS) is 1. The van der Waals surface area contributed by atoms with E-state index in [0.717, 1.165) is 15.9 Å². The Morgan fingerprint density at radius 3 is 2.33 bits per heavy atom. The Hall–Kier alpha value is -5.52. The van der Waals surface area contributed by atoms with Crippen molar-refractivity contribution < 1.29 is 24.4 Å². The number of nitro benzene ring substituents is 1. The summed E-state index contributed by atoms with van der Waals surface area (Å²) < 4.78 is 0. The minimum Gasteiger partial charge on any atom is -0.464 e. The number of carbonyl (C=O) groups excluding carboxylic acids is 2. The van der Waals surface area contributed by atoms with Crippen LogP contribution in [0.25, 0.3) is 11.1 Å². The van der Waals surface area contributed by atoms with E-state index in [0.29, 0.717) is 17.7 Å². The highest BCUT2D eigenvalue weighted by molar-refractivity contribution is 6.03. The lowest BCUT2D eigenvalue weighted by Gasteiger charge is -2.11. The minimum atomic E-state index is -1.49. The molecule has 1 heterocycles. The zero-order valence-corrected chi connectivity index (χ0v) is 20.7. The van der Waals surface area contributed by atoms with E-state index in [2.05, 4.69) is 21.4 Å². The van der Waals surface area contributed by atoms with Gasteiger partial charge >= 0.3 is 6.09 Å². The number of benzene rings is 3. The summed E-state index contributed by atoms with van der Waals surface area (Å²) in [4.78, 5) is 49.2. The molecule has 0 unspecified atom stereocenters. The van der Waals surface area contributed by atoms with Crippen LogP contribution in [0.3, 0.4) is 0 Å². The summed E-state index contributed by atoms with van der Waals surface area (Å²) in [5.74, 6) is -1.48. The van der Waals surface area contributed by atoms with Crippen molar-refractivity contribution >= 4 is 23.6 Å². The quantitative estimate of drug-likeness (QED) is 0.199. The fraction of sp³-hybridized carbons (Fsp3) is 0.111. The van der Waals surface area contributed by atoms with Gasteiger partial charge < -0.3 is 5.11 Å². The highest BCUT2D eigenvalue weighted by Crippen LogP contribution is 2.31. The first-order chi connectivity index (χ1) is 18.7. The monoisotopic (exact) mass is 528 g/mol. The first kappa shape index (κ1) is 26.5. The highest BCUT2D eigenvalue weighted by atomic mass is 16.6. The van der Waals surface area contributed by atoms with E-state index in [1.807, 2.05) is 43.3 Å². The molecule has 3 amide bonds. The average Bonchev–Trinajstić information content (AvgIpc) is 3.28. The number of amides is 3. The molecule has 4 rings (SSSR count). The van der Waals surface area contributed by atoms with Gasteiger partial charge in [-0.3, -0.25) is 30.6 Å². The second kappa shape index (κ2) is 11.7. The van der Waals surface area contributed by atoms with Crippen LogP contribution in [0, 0.1) is 17.0 Å². The van der Waals surface area contributed by atoms with Gasteiger partial charge in [0.1, 0.15) is 0 Å². The first-order valence-corrected chi connectivity index (χ1v) is 11.8. The molecule has 0 aliphatic rings. The molecular formula is C27H24N6O6. The van der Waals surface area contributed by atoms with Crippen molar-refractivity contribution in [2.75, 3.05) is 5.43 Å². The van der Waals surface area contributed by atoms with Gasteiger partial charge in [0, 0.05) is 23.3 Å². The van der Waals surface area contributed by atoms with E-state index < -0.39 is 22.8 Å². The van der Waals surface area contributed by atoms with Gasteiger partial charge in [-0.25, -0.2) is 10.2 Å². The first-order valence-electron chi connectivity index (χ1n) is 11.8. The molecule has 4 N–H and O–H groups in total. The Bertz CT molecular complexity index is 1550. The van der Waals surface area contributed by atoms with Crippen molar-refractivity contribution in [2.45, 2.75) is 19.8 Å². The lowest BCUT2D eigenvalue weighted by Crippen LogP contribution is -2.43. The van der Waals surface area contributed by atoms with Crippen molar-refractivity contribution in [1.29, 1.82) is 0 Å². The molecule has 0 radical (unpaired) electrons. The topological polar surface area (TPSA) is 168 Å². The average molecular weight is 529 g/mol. The SMILES string of the molecule is Cc1cccc(C(=O)NNC(=O)c2c(-c3cccc([N+](=O)[O-])c3)c(CCc3ccccc3)nn2NC(=O)O)c1. The molecule has 39 heavy (non-hydrogen) atoms. The van der Waals surface area contributed by atoms with Crippen LogP contribution >= 0.6 is 0 Å². The fourth-order valence-electron chi connectivity index (χ4n) is 4.04. The summed E-state index contributed by atoms with van der Waals surface area (Å²) in [5, 5.41) is 25.2. The van der Waals surface area contributed by atoms with E-state index in [1.54, 1.807) is 24.3 Å². The van der Waals surface area contributed by atoms with Crippen molar-refractivity contribution in [3.8, 4) is 11.1 Å². The second-order valence-electron chi connectivity index (χ2n) is 8.57. The zero-order chi connectivity index (χ0) is 27.9. The molecule has 3 aromatic carbocycles. The van der Waals surface area contributed by atoms with Crippen LogP contribution in [-0.4, -0.2) is 37.8 Å². The van der Waals surface area contributed by atoms with Crippen LogP contribution in [0.15, 0.2) is 78.9 Å². The smallest absolute Gasteiger partial charge is 0.425 e. The molecule has 12 heteroatoms. The number of carbonyl (C=O) groups is 3. The number of hydrogen-bond donors (Lipinski definition) is 4. The summed E-state index contributed by atoms with van der Waals surface area (Å²) in [5.41, 5.74) is 9.10. The maximum absolute atomic E-state index is 13.4. The fourth-order valence-corrected chi connectivity index (χ4v) is 4.04. The van der Waals surface area contributed by atoms with Crippen LogP contribution < -0.4 is 16.3 Å². The molecule has 0 saturated heterocycles. The van der Waals surface area contributed by atoms with Crippen molar-refractivity contribution in [2.24, 2.45) is 0 Å². The van der Waals surface area contributed by atoms with E-state index in [9.17, 15) is 29.6 Å². The number of non-ortho nitro benzene ring substituents is 1. The molecule has 0 bridgehead atoms. The van der Waals surface area contributed by atoms with Crippen LogP contribution in [0.5, 0.6) is 0 Å². The maximum Gasteiger partial charge on any atom is 0.425 e. The third-order valence-electron chi connectivity index (χ3n) is 5.78. The number of hydrazine groups is 1. The highest BCUT2D eigenvalue weighted by Gasteiger charge is 2.27. The number of nitro groups is 1. The number of hydrogen-bond acceptors (Lipinski definition) is 6. The number of nitrogens with one attached hydrogen (secondary N) is 3. The number of aromatic nitrogens is 2. The van der Waals surface area contributed by atoms with Crippen molar-refractivity contribution in [3.63, 3.8) is 0 Å². The summed E-state index contributed by atoms with van der Waals surface area (Å²) in [6, 6.07) is 21.7. The molecule has 0 saturated carbocycles. The minimum absolute atomic E-state index is 0.186. The van der Waals surface area contributed by atoms with Crippen LogP contribution in [-0.2, 0) is 12.8 Å². The Kier molecular flexibility index (Phi) is 7.95. The Morgan fingerprint density at radius 1 is 0.923 bits per heavy atom. The normalized spacial score (nSPS) is 10.5. The van der Waals surface area contributed by atoms with E-state index in [1.165, 1.54) is 18.2 Å². The van der Waals surface area contributed by atoms with Gasteiger partial charge in [-0.2, -0.15) is 9.89 Å². The molecule has 4 aromatic rings. The van der Waals surface area contributed by atoms with Gasteiger partial charge in [-0.15, -0.1) is 0 Å². The van der Waals surface area contributed by atoms with E-state index in [4.69, 9.17) is 0 Å². The van der Waals surface area contributed by atoms with Gasteiger partial charge in [0.15, 0.2) is 5.69 Å². The lowest BCUT2D eigenvalue weighted by atomic mass is 9.98. The van der Waals surface area contributed by atoms with Crippen LogP contribution in [0.1, 0.15) is 37.7 Å². The number of nitrogens with zero attached hydrogens (tertiary/aromatic N) is 3. The third kappa shape index (κ3) is 6.43. The van der Waals surface area contributed by atoms with Gasteiger partial charge in [-0.05, 0) is 43.0 Å². The standard InChI is InChI=1S/C27H24N6O6/c1-17-7-5-11-20(15-17)25(34)28-29-26(35)24-23(19-10-6-12-21(16-19)33(38)39)22(30-32(24)31-27(36)37)14-13-18-8-3-2-4-9-18/h2-12,15-16,31H,13-14H2,1H3,(H,28,34)(H,29,35)(H,36,37). The van der Waals surface area contributed by atoms with Gasteiger partial charge in [0.2, 0.25) is 0 Å². The van der Waals surface area contributed by atoms with Crippen molar-refractivity contribution in [3.05, 3.63) is 117 Å². The van der Waals surface area contributed by atoms with Gasteiger partial charge in [0.05, 0.1) is 10.6 Å². The molecule has 1 aromatic heterocycles. The molecular weight excluding hydrogens is 504 g/mol. The Balaban J connectivity index is 1.75. The largest absolute Gasteiger partial charge is 0.464 e. The third-order valence-corrected chi connectivity index (χ3v) is 5.78. The molecule has 0 fully saturated rings. The van der Waals surface area contributed by atoms with Crippen LogP contribution in [0.2, 0.25) is 0 Å². The molecule has 12 nitrogen and oxygen atoms in total. The molecule has 0 atom stereocenters. The van der Waals surface area contributed by atoms with Gasteiger partial charge in [0.25, 0.3) is 17.5 Å². The Labute approximate surface area is 222 Å². The summed E-state index contributed by atoms with van der Waals surface area (Å²) in [6.45, 7) is 1.81. The molecule has 0 aliphatic carbocycles. The second-order valence-corrected chi connectivity index (χ2v) is 8.57. The van der Waals surface area contributed by atoms with Gasteiger partial charge in [-0.1, -0.05) is 60.2 Å². The molecule has 198 valence electrons. The number of aryl methyl sites for hydroxylation is 3. The summed E-state index contributed by atoms with van der Waals surface area (Å²) in [6.07, 6.45) is -0.708. The van der Waals surface area contributed by atoms with E-state index >= 15 is 0 Å². The van der Waals surface area contributed by atoms with Crippen LogP contribution in [0.4, 0.5) is 10.5 Å². The lowest BCUT2D eigenvalue weighted by molar-refractivity contribution is -0.384. The Morgan fingerprint density at radius 2 is 1.64 bits per heavy atom. The van der Waals surface area contributed by atoms with E-state index in [-0.39, 0.29) is 28.9 Å². The van der Waals surface area contributed by atoms with Crippen molar-refractivity contribution in [1.82, 2.24) is 20.7 Å². The summed E-state index contributed by atoms with van der Waals surface area (Å²) in [7, 11) is 0. The predicted octanol–water partition coefficient (Wildman–Crippen LogP) is 3.85.